The Labute approximate surface area is 223 Å². The molecule has 0 aliphatic carbocycles. The number of rotatable bonds is 5. The van der Waals surface area contributed by atoms with E-state index in [0.717, 1.165) is 26.2 Å². The third kappa shape index (κ3) is 9.14. The zero-order chi connectivity index (χ0) is 26.5. The zero-order valence-electron chi connectivity index (χ0n) is 24.8. The van der Waals surface area contributed by atoms with Gasteiger partial charge in [0.1, 0.15) is 0 Å². The fraction of sp³-hybridized carbons (Fsp3) is 0.636. The normalized spacial score (nSPS) is 16.9. The van der Waals surface area contributed by atoms with Gasteiger partial charge in [-0.2, -0.15) is 0 Å². The molecule has 0 spiro atoms. The van der Waals surface area contributed by atoms with Gasteiger partial charge in [-0.25, -0.2) is 0 Å². The summed E-state index contributed by atoms with van der Waals surface area (Å²) >= 11 is 0. The Morgan fingerprint density at radius 1 is 0.611 bits per heavy atom. The maximum absolute atomic E-state index is 2.57. The number of anilines is 2. The second-order valence-corrected chi connectivity index (χ2v) is 11.1. The summed E-state index contributed by atoms with van der Waals surface area (Å²) in [6.07, 6.45) is 5.00. The quantitative estimate of drug-likeness (QED) is 0.413. The van der Waals surface area contributed by atoms with Crippen LogP contribution in [0.2, 0.25) is 0 Å². The maximum atomic E-state index is 2.57. The molecule has 2 aromatic rings. The predicted octanol–water partition coefficient (Wildman–Crippen LogP) is 8.56. The van der Waals surface area contributed by atoms with Gasteiger partial charge in [0.05, 0.1) is 0 Å². The van der Waals surface area contributed by atoms with Gasteiger partial charge in [0.2, 0.25) is 0 Å². The van der Waals surface area contributed by atoms with E-state index >= 15 is 0 Å². The fourth-order valence-electron chi connectivity index (χ4n) is 4.99. The van der Waals surface area contributed by atoms with Crippen LogP contribution < -0.4 is 9.80 Å². The van der Waals surface area contributed by atoms with Gasteiger partial charge in [-0.15, -0.1) is 0 Å². The average molecular weight is 494 g/mol. The molecular formula is C33H55N3. The number of piperidine rings is 1. The van der Waals surface area contributed by atoms with Crippen LogP contribution in [0.1, 0.15) is 104 Å². The summed E-state index contributed by atoms with van der Waals surface area (Å²) < 4.78 is 0. The third-order valence-corrected chi connectivity index (χ3v) is 7.19. The maximum Gasteiger partial charge on any atom is 0.0368 e. The van der Waals surface area contributed by atoms with Gasteiger partial charge < -0.3 is 9.80 Å². The first-order valence-electron chi connectivity index (χ1n) is 14.8. The summed E-state index contributed by atoms with van der Waals surface area (Å²) in [5, 5.41) is 0. The molecule has 0 N–H and O–H groups in total. The van der Waals surface area contributed by atoms with Crippen LogP contribution in [0.15, 0.2) is 48.5 Å². The molecule has 0 unspecified atom stereocenters. The van der Waals surface area contributed by atoms with Crippen molar-refractivity contribution in [2.24, 2.45) is 0 Å². The van der Waals surface area contributed by atoms with Crippen molar-refractivity contribution >= 4 is 11.4 Å². The lowest BCUT2D eigenvalue weighted by Crippen LogP contribution is -2.48. The fourth-order valence-corrected chi connectivity index (χ4v) is 4.99. The molecule has 2 heterocycles. The Kier molecular flexibility index (Phi) is 13.4. The standard InChI is InChI=1S/C27H39N3.2C3H8/c1-21(2)23-5-7-24(8-6-23)25-13-15-29(16-14-25)26-9-11-27(12-10-26)30-19-17-28(18-20-30)22(3)4;2*1-3-2/h5-12,21-22,25H,13-20H2,1-4H3;2*3H2,1-2H3. The molecule has 2 aliphatic rings. The van der Waals surface area contributed by atoms with Crippen molar-refractivity contribution in [1.29, 1.82) is 0 Å². The highest BCUT2D eigenvalue weighted by Crippen LogP contribution is 2.32. The van der Waals surface area contributed by atoms with Crippen molar-refractivity contribution in [2.75, 3.05) is 49.1 Å². The third-order valence-electron chi connectivity index (χ3n) is 7.19. The molecule has 2 aromatic carbocycles. The van der Waals surface area contributed by atoms with Crippen molar-refractivity contribution in [1.82, 2.24) is 4.90 Å². The summed E-state index contributed by atoms with van der Waals surface area (Å²) in [6.45, 7) is 24.6. The molecule has 2 fully saturated rings. The van der Waals surface area contributed by atoms with Crippen LogP contribution in [0.25, 0.3) is 0 Å². The van der Waals surface area contributed by atoms with Crippen LogP contribution in [-0.4, -0.2) is 50.2 Å². The van der Waals surface area contributed by atoms with Crippen LogP contribution in [0.3, 0.4) is 0 Å². The van der Waals surface area contributed by atoms with Crippen molar-refractivity contribution < 1.29 is 0 Å². The van der Waals surface area contributed by atoms with E-state index in [4.69, 9.17) is 0 Å². The van der Waals surface area contributed by atoms with Crippen LogP contribution >= 0.6 is 0 Å². The number of hydrogen-bond donors (Lipinski definition) is 0. The van der Waals surface area contributed by atoms with Crippen LogP contribution in [0, 0.1) is 0 Å². The van der Waals surface area contributed by atoms with Crippen LogP contribution in [-0.2, 0) is 0 Å². The second kappa shape index (κ2) is 16.0. The molecule has 4 rings (SSSR count). The molecule has 0 saturated carbocycles. The summed E-state index contributed by atoms with van der Waals surface area (Å²) in [7, 11) is 0. The zero-order valence-corrected chi connectivity index (χ0v) is 24.8. The lowest BCUT2D eigenvalue weighted by Gasteiger charge is -2.38. The lowest BCUT2D eigenvalue weighted by atomic mass is 9.88. The molecule has 0 aromatic heterocycles. The van der Waals surface area contributed by atoms with Gasteiger partial charge >= 0.3 is 0 Å². The van der Waals surface area contributed by atoms with E-state index < -0.39 is 0 Å². The molecule has 0 bridgehead atoms. The van der Waals surface area contributed by atoms with Crippen molar-refractivity contribution in [3.05, 3.63) is 59.7 Å². The van der Waals surface area contributed by atoms with Crippen LogP contribution in [0.4, 0.5) is 11.4 Å². The Hall–Kier alpha value is -2.00. The van der Waals surface area contributed by atoms with E-state index in [1.807, 2.05) is 0 Å². The van der Waals surface area contributed by atoms with Crippen LogP contribution in [0.5, 0.6) is 0 Å². The van der Waals surface area contributed by atoms with E-state index in [1.165, 1.54) is 61.3 Å². The van der Waals surface area contributed by atoms with E-state index in [2.05, 4.69) is 119 Å². The summed E-state index contributed by atoms with van der Waals surface area (Å²) in [6, 6.07) is 19.4. The minimum atomic E-state index is 0.614. The second-order valence-electron chi connectivity index (χ2n) is 11.1. The number of piperazine rings is 1. The smallest absolute Gasteiger partial charge is 0.0368 e. The van der Waals surface area contributed by atoms with Crippen molar-refractivity contribution in [3.63, 3.8) is 0 Å². The molecule has 202 valence electrons. The molecule has 2 aliphatic heterocycles. The molecule has 0 radical (unpaired) electrons. The topological polar surface area (TPSA) is 9.72 Å². The van der Waals surface area contributed by atoms with E-state index in [-0.39, 0.29) is 0 Å². The van der Waals surface area contributed by atoms with Gasteiger partial charge in [-0.05, 0) is 73.9 Å². The summed E-state index contributed by atoms with van der Waals surface area (Å²) in [5.41, 5.74) is 5.73. The van der Waals surface area contributed by atoms with Gasteiger partial charge in [-0.3, -0.25) is 4.90 Å². The van der Waals surface area contributed by atoms with E-state index in [0.29, 0.717) is 17.9 Å². The molecule has 0 atom stereocenters. The minimum Gasteiger partial charge on any atom is -0.371 e. The molecule has 2 saturated heterocycles. The highest BCUT2D eigenvalue weighted by atomic mass is 15.3. The molecule has 0 amide bonds. The molecular weight excluding hydrogens is 438 g/mol. The monoisotopic (exact) mass is 493 g/mol. The first-order chi connectivity index (χ1) is 17.3. The lowest BCUT2D eigenvalue weighted by molar-refractivity contribution is 0.209. The predicted molar refractivity (Wildman–Crippen MR) is 162 cm³/mol. The van der Waals surface area contributed by atoms with Gasteiger partial charge in [-0.1, -0.05) is 78.6 Å². The largest absolute Gasteiger partial charge is 0.371 e. The first-order valence-corrected chi connectivity index (χ1v) is 14.8. The first kappa shape index (κ1) is 30.2. The summed E-state index contributed by atoms with van der Waals surface area (Å²) in [4.78, 5) is 7.68. The van der Waals surface area contributed by atoms with Gasteiger partial charge in [0.15, 0.2) is 0 Å². The minimum absolute atomic E-state index is 0.614. The van der Waals surface area contributed by atoms with Gasteiger partial charge in [0, 0.05) is 56.7 Å². The average Bonchev–Trinajstić information content (AvgIpc) is 2.90. The number of hydrogen-bond acceptors (Lipinski definition) is 3. The molecule has 36 heavy (non-hydrogen) atoms. The number of nitrogens with zero attached hydrogens (tertiary/aromatic N) is 3. The molecule has 3 heteroatoms. The van der Waals surface area contributed by atoms with E-state index in [9.17, 15) is 0 Å². The Morgan fingerprint density at radius 2 is 1.03 bits per heavy atom. The van der Waals surface area contributed by atoms with Crippen molar-refractivity contribution in [3.8, 4) is 0 Å². The Morgan fingerprint density at radius 3 is 1.42 bits per heavy atom. The Balaban J connectivity index is 0.000000693. The summed E-state index contributed by atoms with van der Waals surface area (Å²) in [5.74, 6) is 1.32. The van der Waals surface area contributed by atoms with Crippen molar-refractivity contribution in [2.45, 2.75) is 99.0 Å². The SMILES string of the molecule is CC(C)c1ccc(C2CCN(c3ccc(N4CCN(C(C)C)CC4)cc3)CC2)cc1.CCC.CCC. The highest BCUT2D eigenvalue weighted by Gasteiger charge is 2.22. The highest BCUT2D eigenvalue weighted by molar-refractivity contribution is 5.57. The van der Waals surface area contributed by atoms with Gasteiger partial charge in [0.25, 0.3) is 0 Å². The molecule has 3 nitrogen and oxygen atoms in total. The number of benzene rings is 2. The Bertz CT molecular complexity index is 807. The van der Waals surface area contributed by atoms with E-state index in [1.54, 1.807) is 0 Å².